The molecule has 0 bridgehead atoms. The largest absolute Gasteiger partial charge is 0.355 e. The fourth-order valence-corrected chi connectivity index (χ4v) is 3.36. The second kappa shape index (κ2) is 8.56. The highest BCUT2D eigenvalue weighted by molar-refractivity contribution is 7.98. The molecule has 1 aromatic rings. The minimum atomic E-state index is 0.627. The molecule has 2 heterocycles. The maximum absolute atomic E-state index is 5.74. The van der Waals surface area contributed by atoms with Crippen LogP contribution in [0.3, 0.4) is 0 Å². The van der Waals surface area contributed by atoms with E-state index in [1.165, 1.54) is 12.8 Å². The first kappa shape index (κ1) is 16.5. The Balaban J connectivity index is 1.99. The van der Waals surface area contributed by atoms with Gasteiger partial charge in [0.15, 0.2) is 0 Å². The van der Waals surface area contributed by atoms with Crippen molar-refractivity contribution in [2.45, 2.75) is 37.3 Å². The van der Waals surface area contributed by atoms with Gasteiger partial charge < -0.3 is 10.6 Å². The average Bonchev–Trinajstić information content (AvgIpc) is 2.78. The third kappa shape index (κ3) is 4.56. The molecule has 21 heavy (non-hydrogen) atoms. The number of hydrogen-bond donors (Lipinski definition) is 1. The molecule has 1 fully saturated rings. The van der Waals surface area contributed by atoms with Gasteiger partial charge in [-0.05, 0) is 32.1 Å². The molecule has 0 aromatic carbocycles. The van der Waals surface area contributed by atoms with Crippen LogP contribution < -0.4 is 10.6 Å². The predicted octanol–water partition coefficient (Wildman–Crippen LogP) is 1.84. The molecule has 1 atom stereocenters. The summed E-state index contributed by atoms with van der Waals surface area (Å²) < 4.78 is 0. The Morgan fingerprint density at radius 1 is 1.29 bits per heavy atom. The van der Waals surface area contributed by atoms with Gasteiger partial charge in [-0.2, -0.15) is 0 Å². The van der Waals surface area contributed by atoms with Crippen molar-refractivity contribution in [2.24, 2.45) is 5.73 Å². The zero-order chi connectivity index (χ0) is 15.1. The van der Waals surface area contributed by atoms with E-state index in [-0.39, 0.29) is 0 Å². The van der Waals surface area contributed by atoms with Crippen molar-refractivity contribution in [3.05, 3.63) is 12.4 Å². The number of nitrogens with two attached hydrogens (primary N) is 1. The second-order valence-corrected chi connectivity index (χ2v) is 6.26. The highest BCUT2D eigenvalue weighted by atomic mass is 32.2. The number of aromatic nitrogens is 2. The van der Waals surface area contributed by atoms with Crippen LogP contribution in [0.4, 0.5) is 5.82 Å². The Hall–Kier alpha value is -0.850. The van der Waals surface area contributed by atoms with Gasteiger partial charge in [0.25, 0.3) is 0 Å². The minimum absolute atomic E-state index is 0.627. The SMILES string of the molecule is CCC(CCN)N1CCCN(c2cc(SC)ncn2)CC1. The Morgan fingerprint density at radius 2 is 2.14 bits per heavy atom. The first-order valence-corrected chi connectivity index (χ1v) is 9.06. The van der Waals surface area contributed by atoms with Crippen molar-refractivity contribution in [1.82, 2.24) is 14.9 Å². The highest BCUT2D eigenvalue weighted by Gasteiger charge is 2.21. The van der Waals surface area contributed by atoms with Crippen molar-refractivity contribution in [1.29, 1.82) is 0 Å². The lowest BCUT2D eigenvalue weighted by molar-refractivity contribution is 0.196. The van der Waals surface area contributed by atoms with E-state index in [0.717, 1.165) is 50.0 Å². The van der Waals surface area contributed by atoms with Crippen molar-refractivity contribution < 1.29 is 0 Å². The van der Waals surface area contributed by atoms with Gasteiger partial charge in [-0.15, -0.1) is 11.8 Å². The molecule has 0 amide bonds. The van der Waals surface area contributed by atoms with Crippen LogP contribution in [0.15, 0.2) is 17.4 Å². The summed E-state index contributed by atoms with van der Waals surface area (Å²) in [7, 11) is 0. The third-order valence-corrected chi connectivity index (χ3v) is 4.82. The topological polar surface area (TPSA) is 58.3 Å². The standard InChI is InChI=1S/C15H27N5S/c1-3-13(5-6-16)19-7-4-8-20(10-9-19)14-11-15(21-2)18-12-17-14/h11-13H,3-10,16H2,1-2H3. The summed E-state index contributed by atoms with van der Waals surface area (Å²) in [5.41, 5.74) is 5.74. The third-order valence-electron chi connectivity index (χ3n) is 4.18. The van der Waals surface area contributed by atoms with Crippen molar-refractivity contribution >= 4 is 17.6 Å². The summed E-state index contributed by atoms with van der Waals surface area (Å²) in [6, 6.07) is 2.72. The molecular formula is C15H27N5S. The van der Waals surface area contributed by atoms with Gasteiger partial charge in [0, 0.05) is 38.3 Å². The van der Waals surface area contributed by atoms with E-state index in [1.54, 1.807) is 18.1 Å². The molecule has 1 aromatic heterocycles. The van der Waals surface area contributed by atoms with E-state index < -0.39 is 0 Å². The van der Waals surface area contributed by atoms with E-state index >= 15 is 0 Å². The lowest BCUT2D eigenvalue weighted by Crippen LogP contribution is -2.39. The molecule has 5 nitrogen and oxygen atoms in total. The summed E-state index contributed by atoms with van der Waals surface area (Å²) in [5, 5.41) is 1.04. The predicted molar refractivity (Wildman–Crippen MR) is 90.0 cm³/mol. The van der Waals surface area contributed by atoms with E-state index in [2.05, 4.69) is 39.0 Å². The van der Waals surface area contributed by atoms with Gasteiger partial charge in [0.05, 0.1) is 0 Å². The summed E-state index contributed by atoms with van der Waals surface area (Å²) >= 11 is 1.67. The molecule has 0 aliphatic carbocycles. The smallest absolute Gasteiger partial charge is 0.133 e. The number of anilines is 1. The van der Waals surface area contributed by atoms with E-state index in [4.69, 9.17) is 5.73 Å². The van der Waals surface area contributed by atoms with Crippen LogP contribution in [0.2, 0.25) is 0 Å². The van der Waals surface area contributed by atoms with Crippen molar-refractivity contribution in [2.75, 3.05) is 43.9 Å². The summed E-state index contributed by atoms with van der Waals surface area (Å²) in [6.45, 7) is 7.40. The summed E-state index contributed by atoms with van der Waals surface area (Å²) in [6.07, 6.45) is 7.18. The van der Waals surface area contributed by atoms with Crippen LogP contribution in [0, 0.1) is 0 Å². The molecule has 1 aliphatic rings. The monoisotopic (exact) mass is 309 g/mol. The zero-order valence-electron chi connectivity index (χ0n) is 13.2. The molecule has 0 saturated carbocycles. The molecule has 1 aliphatic heterocycles. The van der Waals surface area contributed by atoms with Crippen LogP contribution in [0.5, 0.6) is 0 Å². The van der Waals surface area contributed by atoms with E-state index in [0.29, 0.717) is 6.04 Å². The van der Waals surface area contributed by atoms with Gasteiger partial charge in [-0.25, -0.2) is 9.97 Å². The number of rotatable bonds is 6. The maximum atomic E-state index is 5.74. The maximum Gasteiger partial charge on any atom is 0.133 e. The van der Waals surface area contributed by atoms with E-state index in [1.807, 2.05) is 0 Å². The van der Waals surface area contributed by atoms with Gasteiger partial charge in [-0.1, -0.05) is 6.92 Å². The first-order valence-electron chi connectivity index (χ1n) is 7.83. The van der Waals surface area contributed by atoms with Gasteiger partial charge >= 0.3 is 0 Å². The lowest BCUT2D eigenvalue weighted by Gasteiger charge is -2.29. The molecule has 0 spiro atoms. The summed E-state index contributed by atoms with van der Waals surface area (Å²) in [4.78, 5) is 13.7. The average molecular weight is 309 g/mol. The van der Waals surface area contributed by atoms with Crippen LogP contribution in [-0.2, 0) is 0 Å². The molecule has 0 radical (unpaired) electrons. The molecule has 1 unspecified atom stereocenters. The van der Waals surface area contributed by atoms with Crippen molar-refractivity contribution in [3.8, 4) is 0 Å². The van der Waals surface area contributed by atoms with Crippen LogP contribution in [0.25, 0.3) is 0 Å². The fourth-order valence-electron chi connectivity index (χ4n) is 2.98. The molecule has 2 rings (SSSR count). The van der Waals surface area contributed by atoms with Gasteiger partial charge in [0.1, 0.15) is 17.2 Å². The quantitative estimate of drug-likeness (QED) is 0.639. The van der Waals surface area contributed by atoms with Crippen LogP contribution in [-0.4, -0.2) is 59.9 Å². The second-order valence-electron chi connectivity index (χ2n) is 5.43. The normalized spacial score (nSPS) is 18.5. The van der Waals surface area contributed by atoms with Crippen molar-refractivity contribution in [3.63, 3.8) is 0 Å². The number of hydrogen-bond acceptors (Lipinski definition) is 6. The molecule has 2 N–H and O–H groups in total. The molecular weight excluding hydrogens is 282 g/mol. The number of thioether (sulfide) groups is 1. The van der Waals surface area contributed by atoms with Gasteiger partial charge in [0.2, 0.25) is 0 Å². The van der Waals surface area contributed by atoms with Crippen LogP contribution in [0.1, 0.15) is 26.2 Å². The Morgan fingerprint density at radius 3 is 2.86 bits per heavy atom. The molecule has 6 heteroatoms. The minimum Gasteiger partial charge on any atom is -0.355 e. The van der Waals surface area contributed by atoms with Crippen LogP contribution >= 0.6 is 11.8 Å². The number of nitrogens with zero attached hydrogens (tertiary/aromatic N) is 4. The Kier molecular flexibility index (Phi) is 6.73. The highest BCUT2D eigenvalue weighted by Crippen LogP contribution is 2.20. The Bertz CT molecular complexity index is 428. The molecule has 118 valence electrons. The zero-order valence-corrected chi connectivity index (χ0v) is 14.0. The van der Waals surface area contributed by atoms with Gasteiger partial charge in [-0.3, -0.25) is 4.90 Å². The Labute approximate surface area is 132 Å². The summed E-state index contributed by atoms with van der Waals surface area (Å²) in [5.74, 6) is 1.06. The molecule has 1 saturated heterocycles. The fraction of sp³-hybridized carbons (Fsp3) is 0.733. The first-order chi connectivity index (χ1) is 10.3. The van der Waals surface area contributed by atoms with E-state index in [9.17, 15) is 0 Å². The lowest BCUT2D eigenvalue weighted by atomic mass is 10.1.